The molecule has 0 saturated heterocycles. The molecule has 0 bridgehead atoms. The van der Waals surface area contributed by atoms with Crippen LogP contribution in [0.3, 0.4) is 0 Å². The van der Waals surface area contributed by atoms with Crippen LogP contribution in [0, 0.1) is 0 Å². The molecule has 9 nitrogen and oxygen atoms in total. The number of H-pyrrole nitrogens is 1. The third-order valence-corrected chi connectivity index (χ3v) is 5.01. The van der Waals surface area contributed by atoms with Gasteiger partial charge in [-0.25, -0.2) is 9.97 Å². The van der Waals surface area contributed by atoms with E-state index in [1.165, 1.54) is 0 Å². The number of nitrogens with one attached hydrogen (secondary N) is 2. The van der Waals surface area contributed by atoms with Gasteiger partial charge in [-0.05, 0) is 18.2 Å². The number of rotatable bonds is 8. The molecule has 32 heavy (non-hydrogen) atoms. The number of ether oxygens (including phenoxy) is 2. The highest BCUT2D eigenvalue weighted by Gasteiger charge is 2.23. The first kappa shape index (κ1) is 21.3. The summed E-state index contributed by atoms with van der Waals surface area (Å²) in [5.41, 5.74) is 1.10. The third kappa shape index (κ3) is 4.52. The minimum absolute atomic E-state index is 0.00474. The molecule has 1 atom stereocenters. The smallest absolute Gasteiger partial charge is 0.258 e. The molecule has 0 aliphatic rings. The molecule has 1 amide bonds. The molecule has 0 spiro atoms. The fraction of sp³-hybridized carbons (Fsp3) is 0.217. The second kappa shape index (κ2) is 9.44. The van der Waals surface area contributed by atoms with Gasteiger partial charge in [0.2, 0.25) is 5.91 Å². The van der Waals surface area contributed by atoms with Crippen molar-refractivity contribution in [3.63, 3.8) is 0 Å². The Kier molecular flexibility index (Phi) is 6.27. The number of methoxy groups -OCH3 is 1. The first-order valence-corrected chi connectivity index (χ1v) is 10.0. The summed E-state index contributed by atoms with van der Waals surface area (Å²) < 4.78 is 12.8. The number of aromatic nitrogens is 4. The highest BCUT2D eigenvalue weighted by molar-refractivity contribution is 5.78. The van der Waals surface area contributed by atoms with Crippen molar-refractivity contribution >= 4 is 16.8 Å². The van der Waals surface area contributed by atoms with Gasteiger partial charge < -0.3 is 24.3 Å². The number of nitrogens with zero attached hydrogens (tertiary/aromatic N) is 3. The number of carbonyl (C=O) groups excluding carboxylic acids is 1. The molecule has 0 fully saturated rings. The molecule has 2 N–H and O–H groups in total. The van der Waals surface area contributed by atoms with E-state index in [9.17, 15) is 9.59 Å². The second-order valence-corrected chi connectivity index (χ2v) is 7.16. The predicted molar refractivity (Wildman–Crippen MR) is 118 cm³/mol. The number of para-hydroxylation sites is 2. The largest absolute Gasteiger partial charge is 0.496 e. The van der Waals surface area contributed by atoms with Crippen LogP contribution in [0.4, 0.5) is 0 Å². The van der Waals surface area contributed by atoms with Crippen molar-refractivity contribution in [1.82, 2.24) is 24.8 Å². The van der Waals surface area contributed by atoms with Crippen LogP contribution in [0.15, 0.2) is 65.7 Å². The third-order valence-electron chi connectivity index (χ3n) is 5.01. The van der Waals surface area contributed by atoms with Crippen LogP contribution in [0.5, 0.6) is 5.75 Å². The molecule has 9 heteroatoms. The highest BCUT2D eigenvalue weighted by Crippen LogP contribution is 2.28. The van der Waals surface area contributed by atoms with Crippen LogP contribution in [-0.2, 0) is 23.2 Å². The molecule has 0 aliphatic heterocycles. The minimum atomic E-state index is -0.527. The number of fused-ring (bicyclic) bond motifs is 1. The van der Waals surface area contributed by atoms with Gasteiger partial charge in [0.25, 0.3) is 5.56 Å². The van der Waals surface area contributed by atoms with E-state index >= 15 is 0 Å². The molecule has 2 aromatic heterocycles. The summed E-state index contributed by atoms with van der Waals surface area (Å²) in [6.45, 7) is -0.220. The van der Waals surface area contributed by atoms with Crippen molar-refractivity contribution in [2.24, 2.45) is 7.05 Å². The maximum absolute atomic E-state index is 12.7. The molecule has 4 rings (SSSR count). The van der Waals surface area contributed by atoms with Crippen molar-refractivity contribution in [2.45, 2.75) is 12.6 Å². The molecule has 0 radical (unpaired) electrons. The monoisotopic (exact) mass is 433 g/mol. The molecular formula is C23H23N5O4. The van der Waals surface area contributed by atoms with Gasteiger partial charge >= 0.3 is 0 Å². The Hall–Kier alpha value is -3.98. The molecule has 0 unspecified atom stereocenters. The number of imidazole rings is 1. The molecular weight excluding hydrogens is 410 g/mol. The van der Waals surface area contributed by atoms with Crippen molar-refractivity contribution in [3.05, 3.63) is 88.5 Å². The number of carbonyl (C=O) groups is 1. The standard InChI is InChI=1S/C23H23N5O4/c1-28-12-11-24-22(28)21(16-8-4-6-10-18(16)31-2)27-20(29)14-32-13-19-25-17-9-5-3-7-15(17)23(30)26-19/h3-12,21H,13-14H2,1-2H3,(H,27,29)(H,25,26,30)/t21-/m1/s1. The molecule has 164 valence electrons. The lowest BCUT2D eigenvalue weighted by atomic mass is 10.0. The normalized spacial score (nSPS) is 11.9. The Labute approximate surface area is 184 Å². The predicted octanol–water partition coefficient (Wildman–Crippen LogP) is 2.09. The van der Waals surface area contributed by atoms with Gasteiger partial charge in [0.1, 0.15) is 36.7 Å². The highest BCUT2D eigenvalue weighted by atomic mass is 16.5. The Morgan fingerprint density at radius 1 is 1.19 bits per heavy atom. The van der Waals surface area contributed by atoms with Crippen LogP contribution in [0.2, 0.25) is 0 Å². The Morgan fingerprint density at radius 3 is 2.75 bits per heavy atom. The van der Waals surface area contributed by atoms with E-state index in [0.29, 0.717) is 28.3 Å². The van der Waals surface area contributed by atoms with Crippen LogP contribution in [-0.4, -0.2) is 39.1 Å². The summed E-state index contributed by atoms with van der Waals surface area (Å²) in [5.74, 6) is 1.31. The van der Waals surface area contributed by atoms with Gasteiger partial charge in [-0.1, -0.05) is 30.3 Å². The lowest BCUT2D eigenvalue weighted by Gasteiger charge is -2.21. The zero-order valence-corrected chi connectivity index (χ0v) is 17.7. The minimum Gasteiger partial charge on any atom is -0.496 e. The van der Waals surface area contributed by atoms with E-state index in [0.717, 1.165) is 5.56 Å². The van der Waals surface area contributed by atoms with Gasteiger partial charge in [0, 0.05) is 25.0 Å². The first-order chi connectivity index (χ1) is 15.6. The van der Waals surface area contributed by atoms with E-state index in [-0.39, 0.29) is 24.7 Å². The Balaban J connectivity index is 1.46. The van der Waals surface area contributed by atoms with E-state index in [1.807, 2.05) is 48.1 Å². The first-order valence-electron chi connectivity index (χ1n) is 10.0. The number of amides is 1. The fourth-order valence-electron chi connectivity index (χ4n) is 3.49. The van der Waals surface area contributed by atoms with Crippen molar-refractivity contribution in [1.29, 1.82) is 0 Å². The Bertz CT molecular complexity index is 1300. The van der Waals surface area contributed by atoms with Crippen LogP contribution >= 0.6 is 0 Å². The zero-order chi connectivity index (χ0) is 22.5. The van der Waals surface area contributed by atoms with Crippen LogP contribution in [0.25, 0.3) is 10.9 Å². The topological polar surface area (TPSA) is 111 Å². The average molecular weight is 433 g/mol. The van der Waals surface area contributed by atoms with Gasteiger partial charge in [-0.2, -0.15) is 0 Å². The second-order valence-electron chi connectivity index (χ2n) is 7.16. The SMILES string of the molecule is COc1ccccc1[C@@H](NC(=O)COCc1nc2ccccc2c(=O)[nH]1)c1nccn1C. The van der Waals surface area contributed by atoms with E-state index in [2.05, 4.69) is 20.3 Å². The zero-order valence-electron chi connectivity index (χ0n) is 17.7. The number of aryl methyl sites for hydroxylation is 1. The number of hydrogen-bond acceptors (Lipinski definition) is 6. The summed E-state index contributed by atoms with van der Waals surface area (Å²) >= 11 is 0. The summed E-state index contributed by atoms with van der Waals surface area (Å²) in [7, 11) is 3.44. The Morgan fingerprint density at radius 2 is 1.97 bits per heavy atom. The van der Waals surface area contributed by atoms with E-state index < -0.39 is 6.04 Å². The van der Waals surface area contributed by atoms with Crippen molar-refractivity contribution in [2.75, 3.05) is 13.7 Å². The summed E-state index contributed by atoms with van der Waals surface area (Å²) in [6, 6.07) is 14.0. The number of aromatic amines is 1. The van der Waals surface area contributed by atoms with Crippen LogP contribution in [0.1, 0.15) is 23.3 Å². The lowest BCUT2D eigenvalue weighted by molar-refractivity contribution is -0.126. The molecule has 0 saturated carbocycles. The molecule has 0 aliphatic carbocycles. The van der Waals surface area contributed by atoms with Gasteiger partial charge in [0.05, 0.1) is 18.0 Å². The molecule has 4 aromatic rings. The maximum atomic E-state index is 12.7. The summed E-state index contributed by atoms with van der Waals surface area (Å²) in [6.07, 6.45) is 3.48. The van der Waals surface area contributed by atoms with Gasteiger partial charge in [-0.3, -0.25) is 9.59 Å². The van der Waals surface area contributed by atoms with Gasteiger partial charge in [0.15, 0.2) is 0 Å². The average Bonchev–Trinajstić information content (AvgIpc) is 3.23. The lowest BCUT2D eigenvalue weighted by Crippen LogP contribution is -2.34. The maximum Gasteiger partial charge on any atom is 0.258 e. The van der Waals surface area contributed by atoms with E-state index in [4.69, 9.17) is 9.47 Å². The number of hydrogen-bond donors (Lipinski definition) is 2. The number of benzene rings is 2. The van der Waals surface area contributed by atoms with Crippen molar-refractivity contribution < 1.29 is 14.3 Å². The molecule has 2 heterocycles. The van der Waals surface area contributed by atoms with Gasteiger partial charge in [-0.15, -0.1) is 0 Å². The quantitative estimate of drug-likeness (QED) is 0.440. The molecule has 2 aromatic carbocycles. The van der Waals surface area contributed by atoms with Crippen LogP contribution < -0.4 is 15.6 Å². The fourth-order valence-corrected chi connectivity index (χ4v) is 3.49. The summed E-state index contributed by atoms with van der Waals surface area (Å²) in [5, 5.41) is 3.46. The van der Waals surface area contributed by atoms with Crippen molar-refractivity contribution in [3.8, 4) is 5.75 Å². The summed E-state index contributed by atoms with van der Waals surface area (Å²) in [4.78, 5) is 36.3. The van der Waals surface area contributed by atoms with E-state index in [1.54, 1.807) is 31.5 Å².